The Balaban J connectivity index is 2.27. The average Bonchev–Trinajstić information content (AvgIpc) is 2.77. The van der Waals surface area contributed by atoms with Crippen LogP contribution >= 0.6 is 0 Å². The summed E-state index contributed by atoms with van der Waals surface area (Å²) in [5, 5.41) is 0. The van der Waals surface area contributed by atoms with E-state index in [0.717, 1.165) is 0 Å². The van der Waals surface area contributed by atoms with E-state index in [1.165, 1.54) is 12.1 Å². The van der Waals surface area contributed by atoms with Crippen LogP contribution in [-0.4, -0.2) is 11.6 Å². The van der Waals surface area contributed by atoms with Gasteiger partial charge in [-0.1, -0.05) is 54.5 Å². The Labute approximate surface area is 106 Å². The predicted octanol–water partition coefficient (Wildman–Crippen LogP) is 2.85. The molecule has 0 spiro atoms. The van der Waals surface area contributed by atoms with Gasteiger partial charge in [0, 0.05) is 11.1 Å². The van der Waals surface area contributed by atoms with Crippen LogP contribution < -0.4 is 0 Å². The third-order valence-electron chi connectivity index (χ3n) is 2.79. The van der Waals surface area contributed by atoms with E-state index in [-0.39, 0.29) is 16.7 Å². The zero-order chi connectivity index (χ0) is 16.2. The molecule has 2 heteroatoms. The molecule has 1 aliphatic carbocycles. The Morgan fingerprint density at radius 2 is 1.41 bits per heavy atom. The third-order valence-corrected chi connectivity index (χ3v) is 2.79. The molecule has 0 saturated carbocycles. The summed E-state index contributed by atoms with van der Waals surface area (Å²) in [6.45, 7) is 0. The lowest BCUT2D eigenvalue weighted by Crippen LogP contribution is -2.12. The maximum Gasteiger partial charge on any atom is 0.178 e. The second-order valence-electron chi connectivity index (χ2n) is 3.75. The van der Waals surface area contributed by atoms with Crippen molar-refractivity contribution in [3.8, 4) is 0 Å². The van der Waals surface area contributed by atoms with E-state index in [0.29, 0.717) is 0 Å². The number of fused-ring (bicyclic) bond motifs is 1. The molecule has 0 unspecified atom stereocenters. The van der Waals surface area contributed by atoms with E-state index in [4.69, 9.17) is 6.85 Å². The van der Waals surface area contributed by atoms with Crippen molar-refractivity contribution in [1.82, 2.24) is 0 Å². The molecule has 17 heavy (non-hydrogen) atoms. The number of carbonyl (C=O) groups is 2. The Morgan fingerprint density at radius 3 is 1.94 bits per heavy atom. The first-order valence-corrected chi connectivity index (χ1v) is 5.10. The van der Waals surface area contributed by atoms with E-state index < -0.39 is 47.7 Å². The van der Waals surface area contributed by atoms with Gasteiger partial charge in [0.1, 0.15) is 5.92 Å². The molecule has 0 saturated heterocycles. The fourth-order valence-electron chi connectivity index (χ4n) is 2.01. The molecule has 82 valence electrons. The van der Waals surface area contributed by atoms with Crippen LogP contribution in [-0.2, 0) is 0 Å². The lowest BCUT2D eigenvalue weighted by atomic mass is 9.94. The molecule has 2 aromatic rings. The lowest BCUT2D eigenvalue weighted by Gasteiger charge is -2.05. The van der Waals surface area contributed by atoms with Gasteiger partial charge in [0.15, 0.2) is 11.6 Å². The van der Waals surface area contributed by atoms with Crippen molar-refractivity contribution in [2.24, 2.45) is 0 Å². The van der Waals surface area contributed by atoms with Crippen LogP contribution in [0.3, 0.4) is 0 Å². The quantitative estimate of drug-likeness (QED) is 0.702. The minimum atomic E-state index is -1.37. The van der Waals surface area contributed by atoms with Crippen molar-refractivity contribution in [3.05, 3.63) is 71.2 Å². The van der Waals surface area contributed by atoms with Crippen molar-refractivity contribution < 1.29 is 16.4 Å². The molecule has 0 bridgehead atoms. The first-order valence-electron chi connectivity index (χ1n) is 7.60. The van der Waals surface area contributed by atoms with E-state index in [1.54, 1.807) is 12.1 Å². The van der Waals surface area contributed by atoms with Crippen LogP contribution in [0.5, 0.6) is 0 Å². The first kappa shape index (κ1) is 5.92. The Bertz CT molecular complexity index is 780. The minimum Gasteiger partial charge on any atom is -0.293 e. The Kier molecular flexibility index (Phi) is 1.28. The van der Waals surface area contributed by atoms with Gasteiger partial charge in [-0.3, -0.25) is 9.59 Å². The van der Waals surface area contributed by atoms with Gasteiger partial charge < -0.3 is 0 Å². The highest BCUT2D eigenvalue weighted by molar-refractivity contribution is 6.29. The SMILES string of the molecule is [2H]c1c([2H])c([2H])c(C2C(=O)c3ccccc3C2=O)c([2H])c1[2H]. The van der Waals surface area contributed by atoms with Gasteiger partial charge in [-0.25, -0.2) is 0 Å². The highest BCUT2D eigenvalue weighted by Crippen LogP contribution is 2.33. The van der Waals surface area contributed by atoms with Crippen molar-refractivity contribution >= 4 is 11.6 Å². The molecule has 0 aliphatic heterocycles. The fraction of sp³-hybridized carbons (Fsp3) is 0.0667. The number of hydrogen-bond donors (Lipinski definition) is 0. The van der Waals surface area contributed by atoms with Crippen LogP contribution in [0.4, 0.5) is 0 Å². The zero-order valence-electron chi connectivity index (χ0n) is 13.7. The summed E-state index contributed by atoms with van der Waals surface area (Å²) in [6, 6.07) is 3.59. The van der Waals surface area contributed by atoms with E-state index in [9.17, 15) is 9.59 Å². The van der Waals surface area contributed by atoms with Gasteiger partial charge in [0.25, 0.3) is 0 Å². The molecular weight excluding hydrogens is 212 g/mol. The van der Waals surface area contributed by atoms with Crippen molar-refractivity contribution in [2.75, 3.05) is 0 Å². The molecular formula is C15H10O2. The summed E-state index contributed by atoms with van der Waals surface area (Å²) >= 11 is 0. The highest BCUT2D eigenvalue weighted by atomic mass is 16.2. The second-order valence-corrected chi connectivity index (χ2v) is 3.75. The molecule has 0 aromatic heterocycles. The topological polar surface area (TPSA) is 34.1 Å². The average molecular weight is 227 g/mol. The first-order chi connectivity index (χ1) is 10.4. The summed E-state index contributed by atoms with van der Waals surface area (Å²) in [7, 11) is 0. The predicted molar refractivity (Wildman–Crippen MR) is 64.3 cm³/mol. The molecule has 0 radical (unpaired) electrons. The van der Waals surface area contributed by atoms with Gasteiger partial charge in [-0.15, -0.1) is 0 Å². The number of ketones is 2. The van der Waals surface area contributed by atoms with Gasteiger partial charge in [0.05, 0.1) is 6.85 Å². The second kappa shape index (κ2) is 3.67. The third kappa shape index (κ3) is 1.41. The standard InChI is InChI=1S/C15H10O2/c16-14-11-8-4-5-9-12(11)15(17)13(14)10-6-2-1-3-7-10/h1-9,13H/i1D,2D,3D,6D,7D. The molecule has 2 aromatic carbocycles. The van der Waals surface area contributed by atoms with Gasteiger partial charge in [0.2, 0.25) is 0 Å². The highest BCUT2D eigenvalue weighted by Gasteiger charge is 2.38. The summed E-state index contributed by atoms with van der Waals surface area (Å²) in [4.78, 5) is 24.9. The smallest absolute Gasteiger partial charge is 0.178 e. The van der Waals surface area contributed by atoms with Crippen LogP contribution in [0.15, 0.2) is 54.5 Å². The minimum absolute atomic E-state index is 0.226. The number of hydrogen-bond acceptors (Lipinski definition) is 2. The summed E-state index contributed by atoms with van der Waals surface area (Å²) < 4.78 is 38.7. The number of carbonyl (C=O) groups excluding carboxylic acids is 2. The monoisotopic (exact) mass is 227 g/mol. The van der Waals surface area contributed by atoms with Crippen LogP contribution in [0.1, 0.15) is 39.1 Å². The largest absolute Gasteiger partial charge is 0.293 e. The lowest BCUT2D eigenvalue weighted by molar-refractivity contribution is 0.0890. The van der Waals surface area contributed by atoms with Crippen LogP contribution in [0.2, 0.25) is 0 Å². The van der Waals surface area contributed by atoms with E-state index >= 15 is 0 Å². The van der Waals surface area contributed by atoms with Crippen LogP contribution in [0.25, 0.3) is 0 Å². The van der Waals surface area contributed by atoms with Crippen molar-refractivity contribution in [3.63, 3.8) is 0 Å². The number of Topliss-reactive ketones (excluding diaryl/α,β-unsaturated/α-hetero) is 2. The molecule has 1 aliphatic rings. The molecule has 0 fully saturated rings. The molecule has 0 atom stereocenters. The van der Waals surface area contributed by atoms with Crippen molar-refractivity contribution in [2.45, 2.75) is 5.92 Å². The molecule has 0 amide bonds. The summed E-state index contributed by atoms with van der Waals surface area (Å²) in [6.07, 6.45) is 0. The number of rotatable bonds is 1. The van der Waals surface area contributed by atoms with E-state index in [1.807, 2.05) is 0 Å². The Hall–Kier alpha value is -2.22. The normalized spacial score (nSPS) is 19.2. The number of benzene rings is 2. The maximum atomic E-state index is 12.5. The van der Waals surface area contributed by atoms with Gasteiger partial charge in [-0.2, -0.15) is 0 Å². The fourth-order valence-corrected chi connectivity index (χ4v) is 2.01. The van der Waals surface area contributed by atoms with Gasteiger partial charge >= 0.3 is 0 Å². The van der Waals surface area contributed by atoms with Crippen LogP contribution in [0, 0.1) is 0 Å². The summed E-state index contributed by atoms with van der Waals surface area (Å²) in [5.74, 6) is -2.43. The van der Waals surface area contributed by atoms with Crippen molar-refractivity contribution in [1.29, 1.82) is 0 Å². The zero-order valence-corrected chi connectivity index (χ0v) is 8.70. The molecule has 3 rings (SSSR count). The molecule has 2 nitrogen and oxygen atoms in total. The summed E-state index contributed by atoms with van der Waals surface area (Å²) in [5.41, 5.74) is 0.200. The Morgan fingerprint density at radius 1 is 0.882 bits per heavy atom. The van der Waals surface area contributed by atoms with E-state index in [2.05, 4.69) is 0 Å². The molecule has 0 N–H and O–H groups in total. The van der Waals surface area contributed by atoms with Gasteiger partial charge in [-0.05, 0) is 5.56 Å². The maximum absolute atomic E-state index is 12.5. The molecule has 0 heterocycles.